The third-order valence-electron chi connectivity index (χ3n) is 3.44. The number of nitrogens with zero attached hydrogens (tertiary/aromatic N) is 1. The molecule has 21 heavy (non-hydrogen) atoms. The Hall–Kier alpha value is -2.57. The SMILES string of the molecule is CCCC1NC(=O)N(Cc2ccc(C(N)=O)cc2N)C1=O. The van der Waals surface area contributed by atoms with E-state index < -0.39 is 18.0 Å². The number of carbonyl (C=O) groups excluding carboxylic acids is 3. The van der Waals surface area contributed by atoms with Crippen LogP contribution in [0.3, 0.4) is 0 Å². The molecule has 4 amide bonds. The second-order valence-electron chi connectivity index (χ2n) is 4.99. The van der Waals surface area contributed by atoms with Crippen molar-refractivity contribution in [1.29, 1.82) is 0 Å². The predicted octanol–water partition coefficient (Wildman–Crippen LogP) is 0.588. The highest BCUT2D eigenvalue weighted by atomic mass is 16.2. The van der Waals surface area contributed by atoms with Crippen molar-refractivity contribution in [1.82, 2.24) is 10.2 Å². The average Bonchev–Trinajstić information content (AvgIpc) is 2.68. The molecule has 1 aromatic carbocycles. The van der Waals surface area contributed by atoms with Crippen LogP contribution < -0.4 is 16.8 Å². The smallest absolute Gasteiger partial charge is 0.325 e. The molecule has 112 valence electrons. The first-order valence-electron chi connectivity index (χ1n) is 6.74. The molecular weight excluding hydrogens is 272 g/mol. The second kappa shape index (κ2) is 5.82. The molecule has 1 fully saturated rings. The first-order valence-corrected chi connectivity index (χ1v) is 6.74. The number of anilines is 1. The van der Waals surface area contributed by atoms with Crippen molar-refractivity contribution < 1.29 is 14.4 Å². The Morgan fingerprint density at radius 3 is 2.67 bits per heavy atom. The van der Waals surface area contributed by atoms with Gasteiger partial charge in [0.2, 0.25) is 5.91 Å². The van der Waals surface area contributed by atoms with E-state index in [1.165, 1.54) is 12.1 Å². The minimum Gasteiger partial charge on any atom is -0.398 e. The summed E-state index contributed by atoms with van der Waals surface area (Å²) in [7, 11) is 0. The van der Waals surface area contributed by atoms with Crippen molar-refractivity contribution >= 4 is 23.5 Å². The van der Waals surface area contributed by atoms with Gasteiger partial charge in [-0.1, -0.05) is 19.4 Å². The summed E-state index contributed by atoms with van der Waals surface area (Å²) in [4.78, 5) is 36.2. The van der Waals surface area contributed by atoms with E-state index in [2.05, 4.69) is 5.32 Å². The number of imide groups is 1. The molecule has 1 aliphatic rings. The molecule has 1 heterocycles. The van der Waals surface area contributed by atoms with Gasteiger partial charge in [0.15, 0.2) is 0 Å². The van der Waals surface area contributed by atoms with Crippen molar-refractivity contribution in [2.45, 2.75) is 32.4 Å². The Bertz CT molecular complexity index is 600. The lowest BCUT2D eigenvalue weighted by molar-refractivity contribution is -0.128. The van der Waals surface area contributed by atoms with E-state index in [1.54, 1.807) is 6.07 Å². The normalized spacial score (nSPS) is 18.0. The van der Waals surface area contributed by atoms with Gasteiger partial charge in [-0.15, -0.1) is 0 Å². The van der Waals surface area contributed by atoms with E-state index in [4.69, 9.17) is 11.5 Å². The number of nitrogens with one attached hydrogen (secondary N) is 1. The van der Waals surface area contributed by atoms with Crippen LogP contribution in [0.5, 0.6) is 0 Å². The minimum absolute atomic E-state index is 0.0791. The summed E-state index contributed by atoms with van der Waals surface area (Å²) in [6.45, 7) is 2.03. The molecule has 1 unspecified atom stereocenters. The van der Waals surface area contributed by atoms with Gasteiger partial charge in [-0.05, 0) is 24.1 Å². The fourth-order valence-corrected chi connectivity index (χ4v) is 2.27. The van der Waals surface area contributed by atoms with Crippen molar-refractivity contribution in [2.24, 2.45) is 5.73 Å². The number of nitrogens with two attached hydrogens (primary N) is 2. The Balaban J connectivity index is 2.16. The third-order valence-corrected chi connectivity index (χ3v) is 3.44. The molecule has 1 atom stereocenters. The maximum Gasteiger partial charge on any atom is 0.325 e. The lowest BCUT2D eigenvalue weighted by Crippen LogP contribution is -2.31. The number of benzene rings is 1. The molecule has 2 rings (SSSR count). The molecule has 7 heteroatoms. The highest BCUT2D eigenvalue weighted by Gasteiger charge is 2.37. The number of nitrogen functional groups attached to an aromatic ring is 1. The molecule has 0 aromatic heterocycles. The molecule has 1 saturated heterocycles. The highest BCUT2D eigenvalue weighted by Crippen LogP contribution is 2.20. The zero-order chi connectivity index (χ0) is 15.6. The summed E-state index contributed by atoms with van der Waals surface area (Å²) in [6.07, 6.45) is 1.41. The zero-order valence-corrected chi connectivity index (χ0v) is 11.8. The van der Waals surface area contributed by atoms with E-state index >= 15 is 0 Å². The summed E-state index contributed by atoms with van der Waals surface area (Å²) in [5, 5.41) is 2.65. The lowest BCUT2D eigenvalue weighted by Gasteiger charge is -2.15. The van der Waals surface area contributed by atoms with Crippen LogP contribution in [0, 0.1) is 0 Å². The van der Waals surface area contributed by atoms with Crippen LogP contribution in [-0.4, -0.2) is 28.8 Å². The molecule has 1 aliphatic heterocycles. The van der Waals surface area contributed by atoms with Crippen molar-refractivity contribution in [2.75, 3.05) is 5.73 Å². The Labute approximate surface area is 122 Å². The third kappa shape index (κ3) is 2.96. The van der Waals surface area contributed by atoms with Gasteiger partial charge in [-0.25, -0.2) is 4.79 Å². The van der Waals surface area contributed by atoms with Gasteiger partial charge in [0.25, 0.3) is 5.91 Å². The topological polar surface area (TPSA) is 119 Å². The van der Waals surface area contributed by atoms with Crippen molar-refractivity contribution in [3.05, 3.63) is 29.3 Å². The summed E-state index contributed by atoms with van der Waals surface area (Å²) < 4.78 is 0. The van der Waals surface area contributed by atoms with Gasteiger partial charge in [-0.3, -0.25) is 14.5 Å². The van der Waals surface area contributed by atoms with Crippen LogP contribution in [0.1, 0.15) is 35.7 Å². The Kier molecular flexibility index (Phi) is 4.11. The number of carbonyl (C=O) groups is 3. The maximum absolute atomic E-state index is 12.1. The molecule has 7 nitrogen and oxygen atoms in total. The van der Waals surface area contributed by atoms with Crippen molar-refractivity contribution in [3.8, 4) is 0 Å². The highest BCUT2D eigenvalue weighted by molar-refractivity contribution is 6.04. The van der Waals surface area contributed by atoms with E-state index in [9.17, 15) is 14.4 Å². The van der Waals surface area contributed by atoms with Gasteiger partial charge in [0.1, 0.15) is 6.04 Å². The van der Waals surface area contributed by atoms with E-state index in [-0.39, 0.29) is 18.0 Å². The molecule has 0 radical (unpaired) electrons. The number of urea groups is 1. The predicted molar refractivity (Wildman–Crippen MR) is 77.2 cm³/mol. The van der Waals surface area contributed by atoms with E-state index in [0.717, 1.165) is 11.3 Å². The molecular formula is C14H18N4O3. The fraction of sp³-hybridized carbons (Fsp3) is 0.357. The second-order valence-corrected chi connectivity index (χ2v) is 4.99. The first-order chi connectivity index (χ1) is 9.93. The van der Waals surface area contributed by atoms with Crippen molar-refractivity contribution in [3.63, 3.8) is 0 Å². The fourth-order valence-electron chi connectivity index (χ4n) is 2.27. The van der Waals surface area contributed by atoms with Crippen LogP contribution >= 0.6 is 0 Å². The first kappa shape index (κ1) is 14.8. The molecule has 5 N–H and O–H groups in total. The Morgan fingerprint density at radius 1 is 1.38 bits per heavy atom. The monoisotopic (exact) mass is 290 g/mol. The van der Waals surface area contributed by atoms with Crippen LogP contribution in [0.4, 0.5) is 10.5 Å². The number of amides is 4. The van der Waals surface area contributed by atoms with Crippen LogP contribution in [0.15, 0.2) is 18.2 Å². The molecule has 0 saturated carbocycles. The maximum atomic E-state index is 12.1. The number of hydrogen-bond acceptors (Lipinski definition) is 4. The molecule has 0 aliphatic carbocycles. The number of rotatable bonds is 5. The minimum atomic E-state index is -0.578. The summed E-state index contributed by atoms with van der Waals surface area (Å²) in [5.74, 6) is -0.827. The van der Waals surface area contributed by atoms with Crippen LogP contribution in [-0.2, 0) is 11.3 Å². The molecule has 0 spiro atoms. The Morgan fingerprint density at radius 2 is 2.10 bits per heavy atom. The van der Waals surface area contributed by atoms with Crippen LogP contribution in [0.2, 0.25) is 0 Å². The summed E-state index contributed by atoms with van der Waals surface area (Å²) in [5.41, 5.74) is 12.2. The standard InChI is InChI=1S/C14H18N4O3/c1-2-3-11-13(20)18(14(21)17-11)7-9-5-4-8(12(16)19)6-10(9)15/h4-6,11H,2-3,7,15H2,1H3,(H2,16,19)(H,17,21). The van der Waals surface area contributed by atoms with E-state index in [0.29, 0.717) is 17.7 Å². The largest absolute Gasteiger partial charge is 0.398 e. The summed E-state index contributed by atoms with van der Waals surface area (Å²) >= 11 is 0. The molecule has 1 aromatic rings. The van der Waals surface area contributed by atoms with Gasteiger partial charge < -0.3 is 16.8 Å². The quantitative estimate of drug-likeness (QED) is 0.543. The summed E-state index contributed by atoms with van der Waals surface area (Å²) in [6, 6.07) is 3.68. The van der Waals surface area contributed by atoms with E-state index in [1.807, 2.05) is 6.92 Å². The average molecular weight is 290 g/mol. The van der Waals surface area contributed by atoms with Gasteiger partial charge in [-0.2, -0.15) is 0 Å². The van der Waals surface area contributed by atoms with Crippen LogP contribution in [0.25, 0.3) is 0 Å². The molecule has 0 bridgehead atoms. The number of primary amides is 1. The van der Waals surface area contributed by atoms with Gasteiger partial charge in [0.05, 0.1) is 6.54 Å². The van der Waals surface area contributed by atoms with Gasteiger partial charge in [0, 0.05) is 11.3 Å². The lowest BCUT2D eigenvalue weighted by atomic mass is 10.1. The zero-order valence-electron chi connectivity index (χ0n) is 11.8. The van der Waals surface area contributed by atoms with Gasteiger partial charge >= 0.3 is 6.03 Å². The number of hydrogen-bond donors (Lipinski definition) is 3.